The maximum absolute atomic E-state index is 12.3. The van der Waals surface area contributed by atoms with E-state index in [0.29, 0.717) is 24.4 Å². The molecule has 0 unspecified atom stereocenters. The summed E-state index contributed by atoms with van der Waals surface area (Å²) in [5.41, 5.74) is 0. The number of nitrogens with zero attached hydrogens (tertiary/aromatic N) is 1. The molecule has 23 heavy (non-hydrogen) atoms. The molecule has 0 aliphatic heterocycles. The number of sulfonamides is 1. The van der Waals surface area contributed by atoms with Gasteiger partial charge in [-0.3, -0.25) is 9.59 Å². The molecule has 1 rings (SSSR count). The molecule has 0 atom stereocenters. The van der Waals surface area contributed by atoms with Crippen LogP contribution in [0.25, 0.3) is 0 Å². The predicted molar refractivity (Wildman–Crippen MR) is 85.8 cm³/mol. The highest BCUT2D eigenvalue weighted by Gasteiger charge is 2.22. The Labute approximate surface area is 140 Å². The average Bonchev–Trinajstić information content (AvgIpc) is 2.46. The molecule has 0 radical (unpaired) electrons. The van der Waals surface area contributed by atoms with Crippen molar-refractivity contribution in [2.24, 2.45) is 0 Å². The molecule has 0 bridgehead atoms. The quantitative estimate of drug-likeness (QED) is 0.645. The van der Waals surface area contributed by atoms with Gasteiger partial charge in [-0.15, -0.1) is 0 Å². The molecule has 0 aliphatic carbocycles. The number of aliphatic carboxylic acids is 1. The number of rotatable bonds is 9. The molecule has 0 heterocycles. The van der Waals surface area contributed by atoms with Crippen LogP contribution in [0.4, 0.5) is 0 Å². The maximum Gasteiger partial charge on any atom is 0.303 e. The normalized spacial score (nSPS) is 11.4. The smallest absolute Gasteiger partial charge is 0.303 e. The summed E-state index contributed by atoms with van der Waals surface area (Å²) >= 11 is 5.72. The van der Waals surface area contributed by atoms with Crippen molar-refractivity contribution in [1.29, 1.82) is 0 Å². The molecule has 7 nitrogen and oxygen atoms in total. The molecule has 1 aromatic rings. The first-order valence-electron chi connectivity index (χ1n) is 6.94. The molecular formula is C14H19ClN2O5S. The van der Waals surface area contributed by atoms with Crippen LogP contribution in [0.2, 0.25) is 5.02 Å². The second-order valence-corrected chi connectivity index (χ2v) is 7.40. The fourth-order valence-electron chi connectivity index (χ4n) is 1.76. The van der Waals surface area contributed by atoms with Crippen LogP contribution in [0.5, 0.6) is 0 Å². The van der Waals surface area contributed by atoms with E-state index in [1.54, 1.807) is 0 Å². The van der Waals surface area contributed by atoms with E-state index in [-0.39, 0.29) is 17.9 Å². The molecule has 9 heteroatoms. The van der Waals surface area contributed by atoms with E-state index in [1.807, 2.05) is 0 Å². The lowest BCUT2D eigenvalue weighted by Gasteiger charge is -2.17. The van der Waals surface area contributed by atoms with Crippen molar-refractivity contribution in [3.05, 3.63) is 29.3 Å². The number of hydrogen-bond acceptors (Lipinski definition) is 4. The minimum absolute atomic E-state index is 0.0424. The fraction of sp³-hybridized carbons (Fsp3) is 0.429. The number of unbranched alkanes of at least 4 members (excludes halogenated alkanes) is 1. The standard InChI is InChI=1S/C14H19ClN2O5S/c1-17(10-13(18)16-9-3-2-4-14(19)20)23(21,22)12-7-5-11(15)6-8-12/h5-8H,2-4,9-10H2,1H3,(H,16,18)(H,19,20). The van der Waals surface area contributed by atoms with Gasteiger partial charge in [0.1, 0.15) is 0 Å². The van der Waals surface area contributed by atoms with E-state index in [4.69, 9.17) is 16.7 Å². The second-order valence-electron chi connectivity index (χ2n) is 4.92. The Morgan fingerprint density at radius 1 is 1.22 bits per heavy atom. The summed E-state index contributed by atoms with van der Waals surface area (Å²) in [4.78, 5) is 22.1. The highest BCUT2D eigenvalue weighted by molar-refractivity contribution is 7.89. The van der Waals surface area contributed by atoms with Gasteiger partial charge in [0, 0.05) is 25.0 Å². The molecule has 0 fully saturated rings. The van der Waals surface area contributed by atoms with Gasteiger partial charge >= 0.3 is 5.97 Å². The van der Waals surface area contributed by atoms with E-state index < -0.39 is 21.9 Å². The van der Waals surface area contributed by atoms with Gasteiger partial charge < -0.3 is 10.4 Å². The van der Waals surface area contributed by atoms with Crippen LogP contribution in [-0.2, 0) is 19.6 Å². The van der Waals surface area contributed by atoms with Crippen LogP contribution in [0, 0.1) is 0 Å². The Morgan fingerprint density at radius 3 is 2.39 bits per heavy atom. The Bertz CT molecular complexity index is 646. The van der Waals surface area contributed by atoms with Crippen molar-refractivity contribution in [2.75, 3.05) is 20.1 Å². The Kier molecular flexibility index (Phi) is 7.47. The summed E-state index contributed by atoms with van der Waals surface area (Å²) in [6, 6.07) is 5.67. The minimum atomic E-state index is -3.76. The first kappa shape index (κ1) is 19.4. The third-order valence-corrected chi connectivity index (χ3v) is 5.10. The lowest BCUT2D eigenvalue weighted by Crippen LogP contribution is -2.38. The molecule has 2 N–H and O–H groups in total. The van der Waals surface area contributed by atoms with E-state index in [2.05, 4.69) is 5.32 Å². The second kappa shape index (κ2) is 8.85. The van der Waals surface area contributed by atoms with Gasteiger partial charge in [0.2, 0.25) is 15.9 Å². The summed E-state index contributed by atoms with van der Waals surface area (Å²) in [6.45, 7) is -0.00909. The molecule has 0 saturated heterocycles. The summed E-state index contributed by atoms with van der Waals surface area (Å²) in [7, 11) is -2.45. The number of carboxylic acid groups (broad SMARTS) is 1. The number of carbonyl (C=O) groups excluding carboxylic acids is 1. The van der Waals surface area contributed by atoms with Gasteiger partial charge in [0.25, 0.3) is 0 Å². The number of halogens is 1. The monoisotopic (exact) mass is 362 g/mol. The molecule has 1 amide bonds. The number of hydrogen-bond donors (Lipinski definition) is 2. The first-order chi connectivity index (χ1) is 10.7. The molecule has 0 spiro atoms. The highest BCUT2D eigenvalue weighted by atomic mass is 35.5. The van der Waals surface area contributed by atoms with Gasteiger partial charge in [-0.25, -0.2) is 8.42 Å². The molecule has 0 aliphatic rings. The topological polar surface area (TPSA) is 104 Å². The number of likely N-dealkylation sites (N-methyl/N-ethyl adjacent to an activating group) is 1. The highest BCUT2D eigenvalue weighted by Crippen LogP contribution is 2.17. The van der Waals surface area contributed by atoms with Crippen LogP contribution < -0.4 is 5.32 Å². The number of carboxylic acids is 1. The van der Waals surface area contributed by atoms with Crippen molar-refractivity contribution in [1.82, 2.24) is 9.62 Å². The third kappa shape index (κ3) is 6.55. The maximum atomic E-state index is 12.3. The zero-order chi connectivity index (χ0) is 17.5. The van der Waals surface area contributed by atoms with Crippen LogP contribution in [0.3, 0.4) is 0 Å². The van der Waals surface area contributed by atoms with Crippen LogP contribution in [0.15, 0.2) is 29.2 Å². The van der Waals surface area contributed by atoms with Crippen LogP contribution in [0.1, 0.15) is 19.3 Å². The van der Waals surface area contributed by atoms with Gasteiger partial charge in [-0.05, 0) is 37.1 Å². The number of carbonyl (C=O) groups is 2. The molecule has 1 aromatic carbocycles. The zero-order valence-electron chi connectivity index (χ0n) is 12.7. The van der Waals surface area contributed by atoms with Crippen molar-refractivity contribution in [3.63, 3.8) is 0 Å². The fourth-order valence-corrected chi connectivity index (χ4v) is 3.01. The third-order valence-electron chi connectivity index (χ3n) is 3.03. The molecule has 128 valence electrons. The van der Waals surface area contributed by atoms with Gasteiger partial charge in [0.05, 0.1) is 11.4 Å². The Morgan fingerprint density at radius 2 is 1.83 bits per heavy atom. The van der Waals surface area contributed by atoms with Gasteiger partial charge in [-0.1, -0.05) is 11.6 Å². The van der Waals surface area contributed by atoms with Crippen LogP contribution >= 0.6 is 11.6 Å². The van der Waals surface area contributed by atoms with E-state index >= 15 is 0 Å². The Hall–Kier alpha value is -1.64. The summed E-state index contributed by atoms with van der Waals surface area (Å²) in [5.74, 6) is -1.33. The molecule has 0 saturated carbocycles. The van der Waals surface area contributed by atoms with Crippen molar-refractivity contribution in [2.45, 2.75) is 24.2 Å². The van der Waals surface area contributed by atoms with Gasteiger partial charge in [-0.2, -0.15) is 4.31 Å². The largest absolute Gasteiger partial charge is 0.481 e. The van der Waals surface area contributed by atoms with Crippen LogP contribution in [-0.4, -0.2) is 49.8 Å². The molecular weight excluding hydrogens is 344 g/mol. The average molecular weight is 363 g/mol. The van der Waals surface area contributed by atoms with E-state index in [1.165, 1.54) is 31.3 Å². The minimum Gasteiger partial charge on any atom is -0.481 e. The summed E-state index contributed by atoms with van der Waals surface area (Å²) < 4.78 is 25.5. The predicted octanol–water partition coefficient (Wildman–Crippen LogP) is 1.33. The number of amides is 1. The lowest BCUT2D eigenvalue weighted by atomic mass is 10.2. The van der Waals surface area contributed by atoms with Crippen molar-refractivity contribution >= 4 is 33.5 Å². The number of benzene rings is 1. The molecule has 0 aromatic heterocycles. The lowest BCUT2D eigenvalue weighted by molar-refractivity contribution is -0.137. The SMILES string of the molecule is CN(CC(=O)NCCCCC(=O)O)S(=O)(=O)c1ccc(Cl)cc1. The van der Waals surface area contributed by atoms with Crippen molar-refractivity contribution < 1.29 is 23.1 Å². The first-order valence-corrected chi connectivity index (χ1v) is 8.75. The zero-order valence-corrected chi connectivity index (χ0v) is 14.2. The number of nitrogens with one attached hydrogen (secondary N) is 1. The van der Waals surface area contributed by atoms with E-state index in [9.17, 15) is 18.0 Å². The van der Waals surface area contributed by atoms with Crippen molar-refractivity contribution in [3.8, 4) is 0 Å². The van der Waals surface area contributed by atoms with E-state index in [0.717, 1.165) is 4.31 Å². The summed E-state index contributed by atoms with van der Waals surface area (Å²) in [6.07, 6.45) is 1.01. The van der Waals surface area contributed by atoms with Gasteiger partial charge in [0.15, 0.2) is 0 Å². The Balaban J connectivity index is 2.47. The summed E-state index contributed by atoms with van der Waals surface area (Å²) in [5, 5.41) is 11.5.